The van der Waals surface area contributed by atoms with Crippen molar-refractivity contribution in [2.75, 3.05) is 46.8 Å². The van der Waals surface area contributed by atoms with E-state index in [0.717, 1.165) is 39.1 Å². The first-order valence-corrected chi connectivity index (χ1v) is 6.78. The summed E-state index contributed by atoms with van der Waals surface area (Å²) in [6.07, 6.45) is 3.13. The lowest BCUT2D eigenvalue weighted by molar-refractivity contribution is -0.131. The monoisotopic (exact) mass is 239 g/mol. The molecule has 0 aromatic heterocycles. The molecule has 2 atom stereocenters. The number of hydrogen-bond donors (Lipinski definition) is 1. The average molecular weight is 239 g/mol. The van der Waals surface area contributed by atoms with Crippen LogP contribution in [0, 0.1) is 11.8 Å². The zero-order valence-electron chi connectivity index (χ0n) is 11.1. The summed E-state index contributed by atoms with van der Waals surface area (Å²) in [5.41, 5.74) is 0. The predicted molar refractivity (Wildman–Crippen MR) is 68.8 cm³/mol. The molecule has 2 fully saturated rings. The molecule has 0 aliphatic carbocycles. The van der Waals surface area contributed by atoms with E-state index in [1.54, 1.807) is 0 Å². The maximum atomic E-state index is 12.1. The van der Waals surface area contributed by atoms with Crippen LogP contribution in [0.1, 0.15) is 19.3 Å². The number of amides is 1. The molecule has 0 bridgehead atoms. The Labute approximate surface area is 104 Å². The molecule has 1 N–H and O–H groups in total. The van der Waals surface area contributed by atoms with Crippen LogP contribution >= 0.6 is 0 Å². The van der Waals surface area contributed by atoms with Crippen LogP contribution in [0.2, 0.25) is 0 Å². The van der Waals surface area contributed by atoms with Gasteiger partial charge in [-0.3, -0.25) is 4.79 Å². The zero-order valence-corrected chi connectivity index (χ0v) is 11.1. The normalized spacial score (nSPS) is 29.8. The highest BCUT2D eigenvalue weighted by Crippen LogP contribution is 2.19. The van der Waals surface area contributed by atoms with E-state index in [-0.39, 0.29) is 0 Å². The van der Waals surface area contributed by atoms with Crippen molar-refractivity contribution >= 4 is 5.91 Å². The molecule has 2 unspecified atom stereocenters. The van der Waals surface area contributed by atoms with E-state index >= 15 is 0 Å². The second-order valence-corrected chi connectivity index (χ2v) is 5.75. The van der Waals surface area contributed by atoms with Gasteiger partial charge in [-0.05, 0) is 51.4 Å². The molecule has 98 valence electrons. The van der Waals surface area contributed by atoms with Crippen molar-refractivity contribution in [2.24, 2.45) is 11.8 Å². The Hall–Kier alpha value is -0.610. The summed E-state index contributed by atoms with van der Waals surface area (Å²) in [6, 6.07) is 0. The minimum Gasteiger partial charge on any atom is -0.345 e. The fourth-order valence-corrected chi connectivity index (χ4v) is 2.96. The van der Waals surface area contributed by atoms with Crippen molar-refractivity contribution in [1.82, 2.24) is 15.1 Å². The van der Waals surface area contributed by atoms with Crippen LogP contribution in [0.4, 0.5) is 0 Å². The molecule has 1 amide bonds. The third kappa shape index (κ3) is 3.68. The fourth-order valence-electron chi connectivity index (χ4n) is 2.96. The lowest BCUT2D eigenvalue weighted by Gasteiger charge is -2.22. The molecule has 4 heteroatoms. The Kier molecular flexibility index (Phi) is 4.40. The first-order valence-electron chi connectivity index (χ1n) is 6.78. The van der Waals surface area contributed by atoms with Crippen LogP contribution in [0.15, 0.2) is 0 Å². The van der Waals surface area contributed by atoms with Gasteiger partial charge in [-0.25, -0.2) is 0 Å². The summed E-state index contributed by atoms with van der Waals surface area (Å²) in [7, 11) is 4.09. The minimum absolute atomic E-state index is 0.331. The van der Waals surface area contributed by atoms with Crippen LogP contribution in [-0.2, 0) is 4.79 Å². The first-order chi connectivity index (χ1) is 8.15. The molecule has 2 heterocycles. The van der Waals surface area contributed by atoms with E-state index in [4.69, 9.17) is 0 Å². The Morgan fingerprint density at radius 3 is 2.82 bits per heavy atom. The van der Waals surface area contributed by atoms with Gasteiger partial charge in [-0.15, -0.1) is 0 Å². The van der Waals surface area contributed by atoms with Crippen molar-refractivity contribution in [3.8, 4) is 0 Å². The molecule has 2 aliphatic rings. The third-order valence-electron chi connectivity index (χ3n) is 4.07. The molecule has 2 aliphatic heterocycles. The standard InChI is InChI=1S/C13H25N3O/c1-15-6-4-11(9-15)7-13(17)16(2)10-12-3-5-14-8-12/h11-12,14H,3-10H2,1-2H3. The maximum Gasteiger partial charge on any atom is 0.222 e. The molecule has 0 spiro atoms. The molecule has 0 aromatic carbocycles. The number of likely N-dealkylation sites (tertiary alicyclic amines) is 1. The average Bonchev–Trinajstić information content (AvgIpc) is 2.90. The van der Waals surface area contributed by atoms with Crippen LogP contribution < -0.4 is 5.32 Å². The van der Waals surface area contributed by atoms with Gasteiger partial charge in [0.05, 0.1) is 0 Å². The summed E-state index contributed by atoms with van der Waals surface area (Å²) in [5.74, 6) is 1.57. The molecule has 2 saturated heterocycles. The summed E-state index contributed by atoms with van der Waals surface area (Å²) >= 11 is 0. The molecule has 4 nitrogen and oxygen atoms in total. The van der Waals surface area contributed by atoms with E-state index in [2.05, 4.69) is 17.3 Å². The van der Waals surface area contributed by atoms with Gasteiger partial charge in [0, 0.05) is 26.6 Å². The highest BCUT2D eigenvalue weighted by atomic mass is 16.2. The quantitative estimate of drug-likeness (QED) is 0.771. The van der Waals surface area contributed by atoms with E-state index in [1.165, 1.54) is 12.8 Å². The Morgan fingerprint density at radius 2 is 2.24 bits per heavy atom. The second-order valence-electron chi connectivity index (χ2n) is 5.75. The van der Waals surface area contributed by atoms with Gasteiger partial charge in [0.15, 0.2) is 0 Å². The Bertz CT molecular complexity index is 263. The minimum atomic E-state index is 0.331. The van der Waals surface area contributed by atoms with E-state index in [1.807, 2.05) is 11.9 Å². The van der Waals surface area contributed by atoms with Gasteiger partial charge in [0.25, 0.3) is 0 Å². The van der Waals surface area contributed by atoms with Crippen LogP contribution in [0.5, 0.6) is 0 Å². The summed E-state index contributed by atoms with van der Waals surface area (Å²) in [4.78, 5) is 16.3. The van der Waals surface area contributed by atoms with E-state index in [9.17, 15) is 4.79 Å². The number of carbonyl (C=O) groups excluding carboxylic acids is 1. The van der Waals surface area contributed by atoms with Gasteiger partial charge in [-0.1, -0.05) is 0 Å². The number of nitrogens with zero attached hydrogens (tertiary/aromatic N) is 2. The smallest absolute Gasteiger partial charge is 0.222 e. The second kappa shape index (κ2) is 5.83. The Balaban J connectivity index is 1.71. The van der Waals surface area contributed by atoms with Gasteiger partial charge in [0.2, 0.25) is 5.91 Å². The van der Waals surface area contributed by atoms with Crippen LogP contribution in [-0.4, -0.2) is 62.5 Å². The van der Waals surface area contributed by atoms with Gasteiger partial charge in [0.1, 0.15) is 0 Å². The highest BCUT2D eigenvalue weighted by molar-refractivity contribution is 5.76. The number of hydrogen-bond acceptors (Lipinski definition) is 3. The number of rotatable bonds is 4. The van der Waals surface area contributed by atoms with Crippen molar-refractivity contribution in [1.29, 1.82) is 0 Å². The third-order valence-corrected chi connectivity index (χ3v) is 4.07. The molecular formula is C13H25N3O. The molecule has 0 radical (unpaired) electrons. The summed E-state index contributed by atoms with van der Waals surface area (Å²) in [6.45, 7) is 5.34. The van der Waals surface area contributed by atoms with Crippen molar-refractivity contribution in [3.05, 3.63) is 0 Å². The topological polar surface area (TPSA) is 35.6 Å². The predicted octanol–water partition coefficient (Wildman–Crippen LogP) is 0.396. The molecule has 17 heavy (non-hydrogen) atoms. The molecule has 2 rings (SSSR count). The fraction of sp³-hybridized carbons (Fsp3) is 0.923. The molecule has 0 aromatic rings. The van der Waals surface area contributed by atoms with Gasteiger partial charge < -0.3 is 15.1 Å². The maximum absolute atomic E-state index is 12.1. The molecular weight excluding hydrogens is 214 g/mol. The Morgan fingerprint density at radius 1 is 1.41 bits per heavy atom. The van der Waals surface area contributed by atoms with Gasteiger partial charge in [-0.2, -0.15) is 0 Å². The molecule has 0 saturated carbocycles. The first kappa shape index (κ1) is 12.8. The number of carbonyl (C=O) groups is 1. The lowest BCUT2D eigenvalue weighted by Crippen LogP contribution is -2.34. The van der Waals surface area contributed by atoms with Crippen molar-refractivity contribution < 1.29 is 4.79 Å². The highest BCUT2D eigenvalue weighted by Gasteiger charge is 2.25. The largest absolute Gasteiger partial charge is 0.345 e. The zero-order chi connectivity index (χ0) is 12.3. The van der Waals surface area contributed by atoms with Crippen molar-refractivity contribution in [2.45, 2.75) is 19.3 Å². The van der Waals surface area contributed by atoms with Crippen molar-refractivity contribution in [3.63, 3.8) is 0 Å². The SMILES string of the molecule is CN1CCC(CC(=O)N(C)CC2CCNC2)C1. The van der Waals surface area contributed by atoms with Crippen LogP contribution in [0.3, 0.4) is 0 Å². The lowest BCUT2D eigenvalue weighted by atomic mass is 10.0. The summed E-state index contributed by atoms with van der Waals surface area (Å²) < 4.78 is 0. The number of nitrogens with one attached hydrogen (secondary N) is 1. The summed E-state index contributed by atoms with van der Waals surface area (Å²) in [5, 5.41) is 3.35. The van der Waals surface area contributed by atoms with E-state index < -0.39 is 0 Å². The van der Waals surface area contributed by atoms with Crippen LogP contribution in [0.25, 0.3) is 0 Å². The van der Waals surface area contributed by atoms with E-state index in [0.29, 0.717) is 17.7 Å². The van der Waals surface area contributed by atoms with Gasteiger partial charge >= 0.3 is 0 Å².